The summed E-state index contributed by atoms with van der Waals surface area (Å²) in [7, 11) is 0. The molecule has 0 aromatic heterocycles. The van der Waals surface area contributed by atoms with Crippen LogP contribution in [0.15, 0.2) is 78.9 Å². The molecule has 0 saturated carbocycles. The monoisotopic (exact) mass is 593 g/mol. The highest BCUT2D eigenvalue weighted by atomic mass is 19.4. The fraction of sp³-hybridized carbons (Fsp3) is 0.355. The van der Waals surface area contributed by atoms with Crippen molar-refractivity contribution in [2.45, 2.75) is 62.6 Å². The Bertz CT molecular complexity index is 1390. The highest BCUT2D eigenvalue weighted by Gasteiger charge is 2.75. The van der Waals surface area contributed by atoms with Crippen molar-refractivity contribution in [1.29, 1.82) is 0 Å². The number of aryl methyl sites for hydroxylation is 1. The zero-order valence-corrected chi connectivity index (χ0v) is 22.7. The molecule has 0 unspecified atom stereocenters. The number of halogens is 6. The number of nitrogens with zero attached hydrogens (tertiary/aromatic N) is 1. The summed E-state index contributed by atoms with van der Waals surface area (Å²) in [5.41, 5.74) is -5.46. The first-order valence-electron chi connectivity index (χ1n) is 13.3. The summed E-state index contributed by atoms with van der Waals surface area (Å²) in [5, 5.41) is 10.5. The highest BCUT2D eigenvalue weighted by Crippen LogP contribution is 2.54. The molecular formula is C31H29F6NO4. The number of aliphatic hydroxyl groups excluding tert-OH is 1. The lowest BCUT2D eigenvalue weighted by atomic mass is 9.88. The number of esters is 1. The number of fused-ring (bicyclic) bond motifs is 1. The van der Waals surface area contributed by atoms with E-state index in [0.29, 0.717) is 17.7 Å². The minimum atomic E-state index is -6.09. The quantitative estimate of drug-likeness (QED) is 0.252. The molecule has 3 atom stereocenters. The van der Waals surface area contributed by atoms with E-state index in [4.69, 9.17) is 0 Å². The molecule has 5 nitrogen and oxygen atoms in total. The molecule has 1 aliphatic rings. The van der Waals surface area contributed by atoms with E-state index < -0.39 is 53.3 Å². The van der Waals surface area contributed by atoms with E-state index in [1.54, 1.807) is 43.3 Å². The first-order chi connectivity index (χ1) is 19.7. The third-order valence-electron chi connectivity index (χ3n) is 7.56. The van der Waals surface area contributed by atoms with Crippen molar-refractivity contribution in [2.24, 2.45) is 0 Å². The van der Waals surface area contributed by atoms with Gasteiger partial charge in [-0.1, -0.05) is 66.7 Å². The van der Waals surface area contributed by atoms with E-state index in [1.807, 2.05) is 0 Å². The smallest absolute Gasteiger partial charge is 0.434 e. The lowest BCUT2D eigenvalue weighted by Crippen LogP contribution is -2.57. The predicted octanol–water partition coefficient (Wildman–Crippen LogP) is 6.80. The van der Waals surface area contributed by atoms with E-state index >= 15 is 0 Å². The second kappa shape index (κ2) is 11.8. The number of aliphatic hydroxyl groups is 1. The summed E-state index contributed by atoms with van der Waals surface area (Å²) in [5.74, 6) is -4.35. The van der Waals surface area contributed by atoms with Gasteiger partial charge in [-0.2, -0.15) is 26.3 Å². The van der Waals surface area contributed by atoms with Gasteiger partial charge in [-0.15, -0.1) is 0 Å². The van der Waals surface area contributed by atoms with Crippen molar-refractivity contribution in [3.05, 3.63) is 101 Å². The number of ether oxygens (including phenoxy) is 1. The summed E-state index contributed by atoms with van der Waals surface area (Å²) in [6.07, 6.45) is -13.4. The standard InChI is InChI=1S/C31H29F6NO4/c1-19(21-9-5-3-6-10-21)27(40)38-18-25(39)15-13-23-17-24(14-16-26(23)38)29(30(32,33)34,31(35,36)37)42-28(41)20(2)22-11-7-4-8-12-22/h3-12,14,16-17,19-20,25,39H,13,15,18H2,1-2H3/t19-,20-,25-/m0/s1. The Labute approximate surface area is 238 Å². The molecule has 42 heavy (non-hydrogen) atoms. The van der Waals surface area contributed by atoms with Gasteiger partial charge in [-0.05, 0) is 55.5 Å². The molecule has 0 bridgehead atoms. The number of rotatable bonds is 6. The van der Waals surface area contributed by atoms with E-state index in [0.717, 1.165) is 13.0 Å². The molecule has 1 aliphatic heterocycles. The van der Waals surface area contributed by atoms with Crippen LogP contribution in [0.2, 0.25) is 0 Å². The summed E-state index contributed by atoms with van der Waals surface area (Å²) in [6.45, 7) is 2.58. The van der Waals surface area contributed by atoms with E-state index in [-0.39, 0.29) is 36.2 Å². The molecule has 0 fully saturated rings. The number of benzene rings is 3. The Morgan fingerprint density at radius 3 is 1.88 bits per heavy atom. The van der Waals surface area contributed by atoms with Crippen LogP contribution in [0.4, 0.5) is 32.0 Å². The van der Waals surface area contributed by atoms with Crippen molar-refractivity contribution in [3.8, 4) is 0 Å². The number of anilines is 1. The lowest BCUT2D eigenvalue weighted by molar-refractivity contribution is -0.378. The zero-order chi connectivity index (χ0) is 30.9. The van der Waals surface area contributed by atoms with Crippen LogP contribution in [0.5, 0.6) is 0 Å². The van der Waals surface area contributed by atoms with Crippen LogP contribution in [-0.4, -0.2) is 42.0 Å². The van der Waals surface area contributed by atoms with Crippen LogP contribution in [0.3, 0.4) is 0 Å². The van der Waals surface area contributed by atoms with E-state index in [1.165, 1.54) is 29.2 Å². The van der Waals surface area contributed by atoms with Gasteiger partial charge in [0.25, 0.3) is 0 Å². The SMILES string of the molecule is C[C@H](C(=O)OC(c1ccc2c(c1)CC[C@H](O)CN2C(=O)[C@@H](C)c1ccccc1)(C(F)(F)F)C(F)(F)F)c1ccccc1. The van der Waals surface area contributed by atoms with Gasteiger partial charge in [0.15, 0.2) is 0 Å². The van der Waals surface area contributed by atoms with Gasteiger partial charge in [0.05, 0.1) is 24.5 Å². The number of amides is 1. The molecule has 1 heterocycles. The summed E-state index contributed by atoms with van der Waals surface area (Å²) in [6, 6.07) is 18.2. The van der Waals surface area contributed by atoms with Gasteiger partial charge < -0.3 is 14.7 Å². The van der Waals surface area contributed by atoms with E-state index in [9.17, 15) is 41.0 Å². The van der Waals surface area contributed by atoms with Crippen LogP contribution in [-0.2, 0) is 26.3 Å². The minimum Gasteiger partial charge on any atom is -0.434 e. The van der Waals surface area contributed by atoms with Crippen LogP contribution >= 0.6 is 0 Å². The second-order valence-corrected chi connectivity index (χ2v) is 10.3. The number of carbonyl (C=O) groups excluding carboxylic acids is 2. The molecule has 1 N–H and O–H groups in total. The fourth-order valence-electron chi connectivity index (χ4n) is 5.10. The number of hydrogen-bond donors (Lipinski definition) is 1. The highest BCUT2D eigenvalue weighted by molar-refractivity contribution is 5.98. The molecular weight excluding hydrogens is 564 g/mol. The first kappa shape index (κ1) is 31.1. The molecule has 0 aliphatic carbocycles. The molecule has 0 saturated heterocycles. The molecule has 224 valence electrons. The van der Waals surface area contributed by atoms with Gasteiger partial charge in [-0.3, -0.25) is 9.59 Å². The topological polar surface area (TPSA) is 66.8 Å². The Morgan fingerprint density at radius 2 is 1.36 bits per heavy atom. The molecule has 11 heteroatoms. The Balaban J connectivity index is 1.80. The van der Waals surface area contributed by atoms with Crippen molar-refractivity contribution in [1.82, 2.24) is 0 Å². The lowest BCUT2D eigenvalue weighted by Gasteiger charge is -2.38. The second-order valence-electron chi connectivity index (χ2n) is 10.3. The number of hydrogen-bond acceptors (Lipinski definition) is 4. The van der Waals surface area contributed by atoms with Crippen LogP contribution in [0, 0.1) is 0 Å². The number of carbonyl (C=O) groups is 2. The van der Waals surface area contributed by atoms with Gasteiger partial charge in [-0.25, -0.2) is 0 Å². The van der Waals surface area contributed by atoms with Gasteiger partial charge in [0, 0.05) is 11.3 Å². The zero-order valence-electron chi connectivity index (χ0n) is 22.7. The predicted molar refractivity (Wildman–Crippen MR) is 143 cm³/mol. The molecule has 3 aromatic carbocycles. The molecule has 4 rings (SSSR count). The van der Waals surface area contributed by atoms with E-state index in [2.05, 4.69) is 4.74 Å². The number of β-amino-alcohol motifs (C(OH)–C–C–N with tert-alkyl or cyclic N) is 1. The van der Waals surface area contributed by atoms with Crippen molar-refractivity contribution >= 4 is 17.6 Å². The van der Waals surface area contributed by atoms with Gasteiger partial charge in [0.1, 0.15) is 0 Å². The Morgan fingerprint density at radius 1 is 0.833 bits per heavy atom. The maximum absolute atomic E-state index is 14.6. The maximum atomic E-state index is 14.6. The average molecular weight is 594 g/mol. The van der Waals surface area contributed by atoms with Crippen molar-refractivity contribution in [2.75, 3.05) is 11.4 Å². The summed E-state index contributed by atoms with van der Waals surface area (Å²) in [4.78, 5) is 27.5. The van der Waals surface area contributed by atoms with Crippen molar-refractivity contribution in [3.63, 3.8) is 0 Å². The minimum absolute atomic E-state index is 0.0180. The van der Waals surface area contributed by atoms with Crippen LogP contribution in [0.25, 0.3) is 0 Å². The molecule has 0 spiro atoms. The van der Waals surface area contributed by atoms with Crippen LogP contribution in [0.1, 0.15) is 54.4 Å². The maximum Gasteiger partial charge on any atom is 0.442 e. The van der Waals surface area contributed by atoms with Gasteiger partial charge >= 0.3 is 23.9 Å². The largest absolute Gasteiger partial charge is 0.442 e. The molecule has 3 aromatic rings. The first-order valence-corrected chi connectivity index (χ1v) is 13.3. The Kier molecular flexibility index (Phi) is 8.73. The van der Waals surface area contributed by atoms with Crippen LogP contribution < -0.4 is 4.90 Å². The average Bonchev–Trinajstić information content (AvgIpc) is 3.12. The molecule has 1 amide bonds. The molecule has 0 radical (unpaired) electrons. The van der Waals surface area contributed by atoms with Gasteiger partial charge in [0.2, 0.25) is 5.91 Å². The fourth-order valence-corrected chi connectivity index (χ4v) is 5.10. The summed E-state index contributed by atoms with van der Waals surface area (Å²) < 4.78 is 91.8. The Hall–Kier alpha value is -3.86. The third kappa shape index (κ3) is 5.88. The normalized spacial score (nSPS) is 17.5. The third-order valence-corrected chi connectivity index (χ3v) is 7.56. The van der Waals surface area contributed by atoms with Crippen molar-refractivity contribution < 1.29 is 45.8 Å². The summed E-state index contributed by atoms with van der Waals surface area (Å²) >= 11 is 0. The number of alkyl halides is 6.